The summed E-state index contributed by atoms with van der Waals surface area (Å²) in [4.78, 5) is 15.6. The van der Waals surface area contributed by atoms with Gasteiger partial charge in [0.25, 0.3) is 0 Å². The largest absolute Gasteiger partial charge is 0.465 e. The average molecular weight is 269 g/mol. The Morgan fingerprint density at radius 2 is 2.33 bits per heavy atom. The first kappa shape index (κ1) is 14.6. The summed E-state index contributed by atoms with van der Waals surface area (Å²) in [5.74, 6) is 1.25. The van der Waals surface area contributed by atoms with E-state index in [0.717, 1.165) is 25.1 Å². The second kappa shape index (κ2) is 7.81. The van der Waals surface area contributed by atoms with Gasteiger partial charge in [-0.1, -0.05) is 0 Å². The highest BCUT2D eigenvalue weighted by Gasteiger charge is 2.13. The highest BCUT2D eigenvalue weighted by Crippen LogP contribution is 2.20. The topological polar surface area (TPSA) is 77.2 Å². The molecule has 0 fully saturated rings. The first-order valence-electron chi connectivity index (χ1n) is 5.76. The zero-order valence-electron chi connectivity index (χ0n) is 10.7. The van der Waals surface area contributed by atoms with Crippen LogP contribution < -0.4 is 11.1 Å². The van der Waals surface area contributed by atoms with E-state index in [2.05, 4.69) is 21.3 Å². The molecular formula is C12H19N3O2S. The Hall–Kier alpha value is -1.43. The van der Waals surface area contributed by atoms with Crippen molar-refractivity contribution in [3.05, 3.63) is 17.8 Å². The molecule has 1 aromatic rings. The molecule has 1 rings (SSSR count). The molecule has 0 saturated carbocycles. The van der Waals surface area contributed by atoms with Gasteiger partial charge in [0.05, 0.1) is 18.4 Å². The van der Waals surface area contributed by atoms with E-state index < -0.39 is 5.97 Å². The summed E-state index contributed by atoms with van der Waals surface area (Å²) in [6.45, 7) is 0.794. The quantitative estimate of drug-likeness (QED) is 0.582. The summed E-state index contributed by atoms with van der Waals surface area (Å²) >= 11 is 1.83. The third kappa shape index (κ3) is 4.10. The van der Waals surface area contributed by atoms with Gasteiger partial charge < -0.3 is 15.8 Å². The minimum absolute atomic E-state index is 0.342. The summed E-state index contributed by atoms with van der Waals surface area (Å²) in [6.07, 6.45) is 5.83. The molecular weight excluding hydrogens is 250 g/mol. The van der Waals surface area contributed by atoms with E-state index in [1.165, 1.54) is 7.11 Å². The van der Waals surface area contributed by atoms with Crippen LogP contribution in [0.5, 0.6) is 0 Å². The monoisotopic (exact) mass is 269 g/mol. The van der Waals surface area contributed by atoms with Crippen molar-refractivity contribution in [2.75, 3.05) is 36.7 Å². The molecule has 3 N–H and O–H groups in total. The summed E-state index contributed by atoms with van der Waals surface area (Å²) < 4.78 is 4.65. The number of pyridine rings is 1. The molecule has 100 valence electrons. The number of nitrogen functional groups attached to an aromatic ring is 1. The third-order valence-corrected chi connectivity index (χ3v) is 3.16. The van der Waals surface area contributed by atoms with E-state index in [9.17, 15) is 4.79 Å². The van der Waals surface area contributed by atoms with Crippen molar-refractivity contribution in [1.29, 1.82) is 0 Å². The van der Waals surface area contributed by atoms with Crippen LogP contribution in [0, 0.1) is 0 Å². The van der Waals surface area contributed by atoms with Crippen LogP contribution in [0.4, 0.5) is 11.5 Å². The van der Waals surface area contributed by atoms with Gasteiger partial charge in [0.1, 0.15) is 5.82 Å². The standard InChI is InChI=1S/C12H19N3O2S/c1-17-12(16)9-5-7-15-11(10(9)13)14-6-3-4-8-18-2/h5,7H,3-4,6,8,13H2,1-2H3,(H,14,15). The number of nitrogens with zero attached hydrogens (tertiary/aromatic N) is 1. The fourth-order valence-corrected chi connectivity index (χ4v) is 1.97. The van der Waals surface area contributed by atoms with Crippen molar-refractivity contribution < 1.29 is 9.53 Å². The number of ether oxygens (including phenoxy) is 1. The van der Waals surface area contributed by atoms with Crippen LogP contribution in [-0.4, -0.2) is 36.6 Å². The van der Waals surface area contributed by atoms with Crippen LogP contribution in [-0.2, 0) is 4.74 Å². The Bertz CT molecular complexity index is 399. The number of nitrogens with two attached hydrogens (primary N) is 1. The van der Waals surface area contributed by atoms with Gasteiger partial charge in [-0.2, -0.15) is 11.8 Å². The SMILES string of the molecule is COC(=O)c1ccnc(NCCCCSC)c1N. The molecule has 0 aliphatic heterocycles. The number of carbonyl (C=O) groups is 1. The summed E-state index contributed by atoms with van der Waals surface area (Å²) in [7, 11) is 1.33. The molecule has 1 aromatic heterocycles. The second-order valence-corrected chi connectivity index (χ2v) is 4.72. The lowest BCUT2D eigenvalue weighted by atomic mass is 10.2. The smallest absolute Gasteiger partial charge is 0.340 e. The number of thioether (sulfide) groups is 1. The number of hydrogen-bond acceptors (Lipinski definition) is 6. The lowest BCUT2D eigenvalue weighted by Crippen LogP contribution is -2.11. The second-order valence-electron chi connectivity index (χ2n) is 3.74. The van der Waals surface area contributed by atoms with E-state index in [0.29, 0.717) is 17.1 Å². The van der Waals surface area contributed by atoms with Crippen LogP contribution in [0.25, 0.3) is 0 Å². The Labute approximate surface area is 111 Å². The summed E-state index contributed by atoms with van der Waals surface area (Å²) in [5.41, 5.74) is 6.56. The van der Waals surface area contributed by atoms with Crippen molar-refractivity contribution in [3.63, 3.8) is 0 Å². The van der Waals surface area contributed by atoms with E-state index in [1.54, 1.807) is 12.3 Å². The van der Waals surface area contributed by atoms with E-state index in [4.69, 9.17) is 5.73 Å². The molecule has 0 unspecified atom stereocenters. The Morgan fingerprint density at radius 3 is 3.00 bits per heavy atom. The van der Waals surface area contributed by atoms with Gasteiger partial charge >= 0.3 is 5.97 Å². The minimum atomic E-state index is -0.444. The van der Waals surface area contributed by atoms with Crippen molar-refractivity contribution in [2.24, 2.45) is 0 Å². The predicted octanol–water partition coefficient (Wildman–Crippen LogP) is 2.01. The van der Waals surface area contributed by atoms with Gasteiger partial charge in [0, 0.05) is 12.7 Å². The molecule has 0 radical (unpaired) electrons. The fourth-order valence-electron chi connectivity index (χ4n) is 1.48. The van der Waals surface area contributed by atoms with E-state index in [1.807, 2.05) is 11.8 Å². The molecule has 5 nitrogen and oxygen atoms in total. The van der Waals surface area contributed by atoms with Crippen LogP contribution in [0.15, 0.2) is 12.3 Å². The highest BCUT2D eigenvalue weighted by atomic mass is 32.2. The lowest BCUT2D eigenvalue weighted by molar-refractivity contribution is 0.0602. The zero-order chi connectivity index (χ0) is 13.4. The van der Waals surface area contributed by atoms with Gasteiger partial charge in [-0.05, 0) is 30.9 Å². The fraction of sp³-hybridized carbons (Fsp3) is 0.500. The maximum Gasteiger partial charge on any atom is 0.340 e. The maximum absolute atomic E-state index is 11.4. The molecule has 0 bridgehead atoms. The molecule has 18 heavy (non-hydrogen) atoms. The van der Waals surface area contributed by atoms with Crippen molar-refractivity contribution >= 4 is 29.2 Å². The maximum atomic E-state index is 11.4. The van der Waals surface area contributed by atoms with Crippen LogP contribution in [0.1, 0.15) is 23.2 Å². The molecule has 0 atom stereocenters. The molecule has 0 spiro atoms. The third-order valence-electron chi connectivity index (χ3n) is 2.46. The minimum Gasteiger partial charge on any atom is -0.465 e. The Morgan fingerprint density at radius 1 is 1.56 bits per heavy atom. The molecule has 0 saturated heterocycles. The Kier molecular flexibility index (Phi) is 6.35. The number of anilines is 2. The highest BCUT2D eigenvalue weighted by molar-refractivity contribution is 7.98. The molecule has 1 heterocycles. The lowest BCUT2D eigenvalue weighted by Gasteiger charge is -2.10. The molecule has 0 aliphatic carbocycles. The van der Waals surface area contributed by atoms with Crippen molar-refractivity contribution in [2.45, 2.75) is 12.8 Å². The van der Waals surface area contributed by atoms with Crippen molar-refractivity contribution in [3.8, 4) is 0 Å². The summed E-state index contributed by atoms with van der Waals surface area (Å²) in [5, 5.41) is 3.14. The number of rotatable bonds is 7. The van der Waals surface area contributed by atoms with E-state index in [-0.39, 0.29) is 0 Å². The van der Waals surface area contributed by atoms with Gasteiger partial charge in [-0.25, -0.2) is 9.78 Å². The number of carbonyl (C=O) groups excluding carboxylic acids is 1. The number of nitrogens with one attached hydrogen (secondary N) is 1. The molecule has 0 aliphatic rings. The number of esters is 1. The van der Waals surface area contributed by atoms with Crippen LogP contribution >= 0.6 is 11.8 Å². The van der Waals surface area contributed by atoms with Gasteiger partial charge in [-0.15, -0.1) is 0 Å². The number of methoxy groups -OCH3 is 1. The first-order valence-corrected chi connectivity index (χ1v) is 7.15. The Balaban J connectivity index is 2.58. The van der Waals surface area contributed by atoms with Crippen molar-refractivity contribution in [1.82, 2.24) is 4.98 Å². The summed E-state index contributed by atoms with van der Waals surface area (Å²) in [6, 6.07) is 1.56. The van der Waals surface area contributed by atoms with Crippen LogP contribution in [0.3, 0.4) is 0 Å². The first-order chi connectivity index (χ1) is 8.70. The molecule has 0 amide bonds. The van der Waals surface area contributed by atoms with Crippen LogP contribution in [0.2, 0.25) is 0 Å². The van der Waals surface area contributed by atoms with E-state index >= 15 is 0 Å². The predicted molar refractivity (Wildman–Crippen MR) is 76.1 cm³/mol. The van der Waals surface area contributed by atoms with Gasteiger partial charge in [0.2, 0.25) is 0 Å². The molecule has 0 aromatic carbocycles. The normalized spacial score (nSPS) is 10.1. The number of unbranched alkanes of at least 4 members (excludes halogenated alkanes) is 1. The molecule has 6 heteroatoms. The number of aromatic nitrogens is 1. The average Bonchev–Trinajstić information content (AvgIpc) is 2.39. The zero-order valence-corrected chi connectivity index (χ0v) is 11.5. The van der Waals surface area contributed by atoms with Gasteiger partial charge in [-0.3, -0.25) is 0 Å². The van der Waals surface area contributed by atoms with Gasteiger partial charge in [0.15, 0.2) is 0 Å². The number of hydrogen-bond donors (Lipinski definition) is 2.